The van der Waals surface area contributed by atoms with Crippen LogP contribution in [-0.2, 0) is 4.79 Å². The van der Waals surface area contributed by atoms with Gasteiger partial charge in [0.1, 0.15) is 0 Å². The lowest BCUT2D eigenvalue weighted by molar-refractivity contribution is -0.129. The van der Waals surface area contributed by atoms with Crippen LogP contribution in [0, 0.1) is 17.3 Å². The molecule has 0 amide bonds. The van der Waals surface area contributed by atoms with Crippen molar-refractivity contribution in [2.24, 2.45) is 17.3 Å². The molecule has 2 saturated heterocycles. The monoisotopic (exact) mass is 210 g/mol. The Morgan fingerprint density at radius 1 is 1.27 bits per heavy atom. The summed E-state index contributed by atoms with van der Waals surface area (Å²) in [5.74, 6) is 1.62. The average Bonchev–Trinajstić information content (AvgIpc) is 2.58. The molecule has 3 atom stereocenters. The first-order valence-electron chi connectivity index (χ1n) is 5.98. The van der Waals surface area contributed by atoms with E-state index in [1.54, 1.807) is 0 Å². The summed E-state index contributed by atoms with van der Waals surface area (Å²) in [6.45, 7) is 9.20. The van der Waals surface area contributed by atoms with Gasteiger partial charge in [-0.05, 0) is 31.3 Å². The van der Waals surface area contributed by atoms with Crippen molar-refractivity contribution in [1.29, 1.82) is 0 Å². The maximum Gasteiger partial charge on any atom is 0.155 e. The van der Waals surface area contributed by atoms with E-state index in [1.807, 2.05) is 20.8 Å². The van der Waals surface area contributed by atoms with Gasteiger partial charge >= 0.3 is 0 Å². The SMILES string of the molecule is CC(C)(C)C(=O)C1NCC2CNCCC21. The van der Waals surface area contributed by atoms with Gasteiger partial charge in [0.05, 0.1) is 6.04 Å². The minimum atomic E-state index is -0.211. The van der Waals surface area contributed by atoms with Gasteiger partial charge < -0.3 is 10.6 Å². The van der Waals surface area contributed by atoms with E-state index in [-0.39, 0.29) is 11.5 Å². The van der Waals surface area contributed by atoms with Gasteiger partial charge in [-0.3, -0.25) is 4.79 Å². The molecule has 2 fully saturated rings. The maximum absolute atomic E-state index is 12.2. The standard InChI is InChI=1S/C12H22N2O/c1-12(2,3)11(15)10-9-4-5-13-6-8(9)7-14-10/h8-10,13-14H,4-7H2,1-3H3. The highest BCUT2D eigenvalue weighted by atomic mass is 16.1. The minimum Gasteiger partial charge on any atom is -0.316 e. The first-order valence-corrected chi connectivity index (χ1v) is 5.98. The summed E-state index contributed by atoms with van der Waals surface area (Å²) in [5.41, 5.74) is -0.211. The second kappa shape index (κ2) is 3.87. The van der Waals surface area contributed by atoms with Crippen LogP contribution >= 0.6 is 0 Å². The van der Waals surface area contributed by atoms with Crippen molar-refractivity contribution >= 4 is 5.78 Å². The summed E-state index contributed by atoms with van der Waals surface area (Å²) in [7, 11) is 0. The first-order chi connectivity index (χ1) is 7.00. The third kappa shape index (κ3) is 2.08. The predicted molar refractivity (Wildman–Crippen MR) is 60.7 cm³/mol. The minimum absolute atomic E-state index is 0.108. The second-order valence-corrected chi connectivity index (χ2v) is 5.92. The van der Waals surface area contributed by atoms with E-state index in [0.717, 1.165) is 26.1 Å². The van der Waals surface area contributed by atoms with Crippen molar-refractivity contribution in [3.8, 4) is 0 Å². The van der Waals surface area contributed by atoms with Crippen LogP contribution < -0.4 is 10.6 Å². The van der Waals surface area contributed by atoms with E-state index in [0.29, 0.717) is 17.6 Å². The van der Waals surface area contributed by atoms with Crippen molar-refractivity contribution in [3.63, 3.8) is 0 Å². The fourth-order valence-corrected chi connectivity index (χ4v) is 2.79. The summed E-state index contributed by atoms with van der Waals surface area (Å²) in [4.78, 5) is 12.2. The van der Waals surface area contributed by atoms with Crippen LogP contribution in [-0.4, -0.2) is 31.5 Å². The number of hydrogen-bond donors (Lipinski definition) is 2. The summed E-state index contributed by atoms with van der Waals surface area (Å²) in [6, 6.07) is 0.108. The number of fused-ring (bicyclic) bond motifs is 1. The number of ketones is 1. The molecule has 3 heteroatoms. The van der Waals surface area contributed by atoms with E-state index < -0.39 is 0 Å². The van der Waals surface area contributed by atoms with Crippen LogP contribution in [0.2, 0.25) is 0 Å². The summed E-state index contributed by atoms with van der Waals surface area (Å²) >= 11 is 0. The zero-order valence-corrected chi connectivity index (χ0v) is 9.97. The van der Waals surface area contributed by atoms with E-state index in [9.17, 15) is 4.79 Å². The van der Waals surface area contributed by atoms with Crippen LogP contribution in [0.4, 0.5) is 0 Å². The summed E-state index contributed by atoms with van der Waals surface area (Å²) in [6.07, 6.45) is 1.14. The molecule has 3 unspecified atom stereocenters. The largest absolute Gasteiger partial charge is 0.316 e. The van der Waals surface area contributed by atoms with Gasteiger partial charge in [-0.2, -0.15) is 0 Å². The van der Waals surface area contributed by atoms with Gasteiger partial charge in [0.2, 0.25) is 0 Å². The molecule has 0 aliphatic carbocycles. The highest BCUT2D eigenvalue weighted by Crippen LogP contribution is 2.32. The van der Waals surface area contributed by atoms with Gasteiger partial charge in [-0.1, -0.05) is 20.8 Å². The van der Waals surface area contributed by atoms with Crippen LogP contribution in [0.1, 0.15) is 27.2 Å². The molecule has 0 spiro atoms. The number of Topliss-reactive ketones (excluding diaryl/α,β-unsaturated/α-hetero) is 1. The fourth-order valence-electron chi connectivity index (χ4n) is 2.79. The molecule has 0 saturated carbocycles. The Bertz CT molecular complexity index is 257. The number of carbonyl (C=O) groups is 1. The van der Waals surface area contributed by atoms with Gasteiger partial charge in [0.15, 0.2) is 5.78 Å². The smallest absolute Gasteiger partial charge is 0.155 e. The number of nitrogens with one attached hydrogen (secondary N) is 2. The zero-order valence-electron chi connectivity index (χ0n) is 9.97. The van der Waals surface area contributed by atoms with Crippen molar-refractivity contribution in [2.75, 3.05) is 19.6 Å². The van der Waals surface area contributed by atoms with E-state index in [2.05, 4.69) is 10.6 Å². The molecule has 0 radical (unpaired) electrons. The number of piperidine rings is 1. The van der Waals surface area contributed by atoms with E-state index in [4.69, 9.17) is 0 Å². The zero-order chi connectivity index (χ0) is 11.1. The molecule has 0 aromatic heterocycles. The van der Waals surface area contributed by atoms with Crippen LogP contribution in [0.25, 0.3) is 0 Å². The molecular formula is C12H22N2O. The highest BCUT2D eigenvalue weighted by molar-refractivity contribution is 5.89. The lowest BCUT2D eigenvalue weighted by Gasteiger charge is -2.31. The quantitative estimate of drug-likeness (QED) is 0.672. The number of rotatable bonds is 1. The molecular weight excluding hydrogens is 188 g/mol. The van der Waals surface area contributed by atoms with Gasteiger partial charge in [-0.15, -0.1) is 0 Å². The Labute approximate surface area is 92.0 Å². The fraction of sp³-hybridized carbons (Fsp3) is 0.917. The lowest BCUT2D eigenvalue weighted by atomic mass is 9.77. The summed E-state index contributed by atoms with van der Waals surface area (Å²) in [5, 5.41) is 6.82. The molecule has 3 nitrogen and oxygen atoms in total. The molecule has 0 aromatic carbocycles. The van der Waals surface area contributed by atoms with Crippen LogP contribution in [0.3, 0.4) is 0 Å². The number of carbonyl (C=O) groups excluding carboxylic acids is 1. The molecule has 2 aliphatic rings. The van der Waals surface area contributed by atoms with Gasteiger partial charge in [0.25, 0.3) is 0 Å². The Hall–Kier alpha value is -0.410. The predicted octanol–water partition coefficient (Wildman–Crippen LogP) is 0.799. The first kappa shape index (κ1) is 11.1. The molecule has 15 heavy (non-hydrogen) atoms. The Morgan fingerprint density at radius 2 is 2.00 bits per heavy atom. The third-order valence-electron chi connectivity index (χ3n) is 3.72. The highest BCUT2D eigenvalue weighted by Gasteiger charge is 2.43. The number of hydrogen-bond acceptors (Lipinski definition) is 3. The molecule has 0 bridgehead atoms. The van der Waals surface area contributed by atoms with Crippen LogP contribution in [0.15, 0.2) is 0 Å². The van der Waals surface area contributed by atoms with E-state index in [1.165, 1.54) is 0 Å². The van der Waals surface area contributed by atoms with Crippen molar-refractivity contribution in [3.05, 3.63) is 0 Å². The molecule has 86 valence electrons. The topological polar surface area (TPSA) is 41.1 Å². The molecule has 2 rings (SSSR count). The summed E-state index contributed by atoms with van der Waals surface area (Å²) < 4.78 is 0. The van der Waals surface area contributed by atoms with Crippen LogP contribution in [0.5, 0.6) is 0 Å². The lowest BCUT2D eigenvalue weighted by Crippen LogP contribution is -2.45. The van der Waals surface area contributed by atoms with Crippen molar-refractivity contribution < 1.29 is 4.79 Å². The molecule has 2 N–H and O–H groups in total. The average molecular weight is 210 g/mol. The van der Waals surface area contributed by atoms with Gasteiger partial charge in [-0.25, -0.2) is 0 Å². The van der Waals surface area contributed by atoms with E-state index >= 15 is 0 Å². The third-order valence-corrected chi connectivity index (χ3v) is 3.72. The second-order valence-electron chi connectivity index (χ2n) is 5.92. The Morgan fingerprint density at radius 3 is 2.67 bits per heavy atom. The van der Waals surface area contributed by atoms with Gasteiger partial charge in [0, 0.05) is 12.0 Å². The normalized spacial score (nSPS) is 36.3. The molecule has 2 heterocycles. The Kier molecular flexibility index (Phi) is 2.86. The maximum atomic E-state index is 12.2. The van der Waals surface area contributed by atoms with Crippen molar-refractivity contribution in [2.45, 2.75) is 33.2 Å². The molecule has 0 aromatic rings. The Balaban J connectivity index is 2.08. The molecule has 2 aliphatic heterocycles. The van der Waals surface area contributed by atoms with Crippen molar-refractivity contribution in [1.82, 2.24) is 10.6 Å².